The Morgan fingerprint density at radius 1 is 1.37 bits per heavy atom. The van der Waals surface area contributed by atoms with E-state index >= 15 is 0 Å². The van der Waals surface area contributed by atoms with Crippen LogP contribution >= 0.6 is 0 Å². The molecule has 0 aliphatic carbocycles. The summed E-state index contributed by atoms with van der Waals surface area (Å²) in [5, 5.41) is 6.77. The van der Waals surface area contributed by atoms with Crippen LogP contribution in [0.1, 0.15) is 51.9 Å². The van der Waals surface area contributed by atoms with Gasteiger partial charge in [-0.15, -0.1) is 0 Å². The van der Waals surface area contributed by atoms with Crippen LogP contribution in [0.3, 0.4) is 0 Å². The number of nitrogens with one attached hydrogen (secondary N) is 2. The molecule has 0 aromatic heterocycles. The molecule has 3 heterocycles. The van der Waals surface area contributed by atoms with Crippen LogP contribution in [-0.4, -0.2) is 48.1 Å². The number of piperidine rings is 1. The summed E-state index contributed by atoms with van der Waals surface area (Å²) in [7, 11) is 0. The van der Waals surface area contributed by atoms with Gasteiger partial charge in [0, 0.05) is 18.6 Å². The Hall–Kier alpha value is -0.610. The minimum Gasteiger partial charge on any atom is -0.352 e. The van der Waals surface area contributed by atoms with Crippen LogP contribution in [0, 0.1) is 0 Å². The third-order valence-corrected chi connectivity index (χ3v) is 5.44. The van der Waals surface area contributed by atoms with Crippen LogP contribution in [0.2, 0.25) is 0 Å². The topological polar surface area (TPSA) is 44.4 Å². The van der Waals surface area contributed by atoms with Gasteiger partial charge in [-0.2, -0.15) is 0 Å². The number of fused-ring (bicyclic) bond motifs is 1. The molecule has 0 aromatic carbocycles. The van der Waals surface area contributed by atoms with E-state index in [0.717, 1.165) is 44.7 Å². The van der Waals surface area contributed by atoms with Gasteiger partial charge in [-0.25, -0.2) is 0 Å². The highest BCUT2D eigenvalue weighted by atomic mass is 16.2. The van der Waals surface area contributed by atoms with E-state index in [1.807, 2.05) is 0 Å². The van der Waals surface area contributed by atoms with Crippen molar-refractivity contribution in [3.8, 4) is 0 Å². The van der Waals surface area contributed by atoms with Crippen LogP contribution in [0.15, 0.2) is 0 Å². The Morgan fingerprint density at radius 3 is 3.00 bits per heavy atom. The number of hydrogen-bond acceptors (Lipinski definition) is 3. The van der Waals surface area contributed by atoms with Gasteiger partial charge < -0.3 is 15.5 Å². The average Bonchev–Trinajstić information content (AvgIpc) is 3.07. The van der Waals surface area contributed by atoms with E-state index in [9.17, 15) is 4.79 Å². The zero-order valence-electron chi connectivity index (χ0n) is 12.1. The molecule has 3 rings (SSSR count). The van der Waals surface area contributed by atoms with E-state index in [1.54, 1.807) is 0 Å². The third kappa shape index (κ3) is 2.52. The first-order valence-corrected chi connectivity index (χ1v) is 8.03. The number of nitrogens with zero attached hydrogens (tertiary/aromatic N) is 1. The summed E-state index contributed by atoms with van der Waals surface area (Å²) < 4.78 is 0. The van der Waals surface area contributed by atoms with E-state index in [2.05, 4.69) is 22.5 Å². The molecule has 4 heteroatoms. The smallest absolute Gasteiger partial charge is 0.240 e. The molecule has 0 spiro atoms. The first-order valence-electron chi connectivity index (χ1n) is 8.03. The van der Waals surface area contributed by atoms with Crippen molar-refractivity contribution in [2.45, 2.75) is 69.5 Å². The fourth-order valence-electron chi connectivity index (χ4n) is 4.14. The molecule has 108 valence electrons. The Labute approximate surface area is 116 Å². The molecule has 19 heavy (non-hydrogen) atoms. The van der Waals surface area contributed by atoms with Gasteiger partial charge in [0.2, 0.25) is 5.91 Å². The van der Waals surface area contributed by atoms with Gasteiger partial charge in [0.25, 0.3) is 0 Å². The fourth-order valence-corrected chi connectivity index (χ4v) is 4.14. The third-order valence-electron chi connectivity index (χ3n) is 5.44. The number of hydrogen-bond donors (Lipinski definition) is 2. The van der Waals surface area contributed by atoms with Crippen molar-refractivity contribution in [1.82, 2.24) is 15.5 Å². The molecular formula is C15H27N3O. The van der Waals surface area contributed by atoms with Crippen molar-refractivity contribution in [2.24, 2.45) is 0 Å². The van der Waals surface area contributed by atoms with Crippen LogP contribution in [0.5, 0.6) is 0 Å². The largest absolute Gasteiger partial charge is 0.352 e. The number of carbonyl (C=O) groups is 1. The lowest BCUT2D eigenvalue weighted by Crippen LogP contribution is -2.57. The van der Waals surface area contributed by atoms with Crippen molar-refractivity contribution in [2.75, 3.05) is 19.6 Å². The number of rotatable bonds is 3. The molecular weight excluding hydrogens is 238 g/mol. The average molecular weight is 265 g/mol. The Kier molecular flexibility index (Phi) is 3.81. The fraction of sp³-hybridized carbons (Fsp3) is 0.933. The van der Waals surface area contributed by atoms with Gasteiger partial charge in [-0.1, -0.05) is 6.92 Å². The van der Waals surface area contributed by atoms with Gasteiger partial charge in [-0.3, -0.25) is 4.79 Å². The lowest BCUT2D eigenvalue weighted by Gasteiger charge is -2.37. The molecule has 2 N–H and O–H groups in total. The second kappa shape index (κ2) is 5.41. The minimum atomic E-state index is -0.271. The first-order chi connectivity index (χ1) is 9.23. The molecule has 3 fully saturated rings. The van der Waals surface area contributed by atoms with Crippen LogP contribution < -0.4 is 10.6 Å². The number of carbonyl (C=O) groups excluding carboxylic acids is 1. The van der Waals surface area contributed by atoms with Crippen molar-refractivity contribution >= 4 is 5.91 Å². The monoisotopic (exact) mass is 265 g/mol. The summed E-state index contributed by atoms with van der Waals surface area (Å²) in [4.78, 5) is 15.2. The highest BCUT2D eigenvalue weighted by Crippen LogP contribution is 2.28. The van der Waals surface area contributed by atoms with Crippen LogP contribution in [0.25, 0.3) is 0 Å². The maximum absolute atomic E-state index is 12.6. The quantitative estimate of drug-likeness (QED) is 0.807. The van der Waals surface area contributed by atoms with Crippen LogP contribution in [-0.2, 0) is 4.79 Å². The lowest BCUT2D eigenvalue weighted by atomic mass is 9.91. The predicted octanol–water partition coefficient (Wildman–Crippen LogP) is 1.26. The highest BCUT2D eigenvalue weighted by molar-refractivity contribution is 5.86. The van der Waals surface area contributed by atoms with Gasteiger partial charge in [0.15, 0.2) is 0 Å². The summed E-state index contributed by atoms with van der Waals surface area (Å²) in [5.41, 5.74) is -0.271. The summed E-state index contributed by atoms with van der Waals surface area (Å²) in [6.07, 6.45) is 7.98. The first kappa shape index (κ1) is 13.4. The maximum Gasteiger partial charge on any atom is 0.240 e. The van der Waals surface area contributed by atoms with E-state index in [-0.39, 0.29) is 11.4 Å². The zero-order chi connectivity index (χ0) is 13.3. The SMILES string of the molecule is CCC1(C(=O)NC2CCN3CCCC3C2)CCCN1. The van der Waals surface area contributed by atoms with Gasteiger partial charge in [0.1, 0.15) is 0 Å². The van der Waals surface area contributed by atoms with E-state index in [1.165, 1.54) is 25.9 Å². The summed E-state index contributed by atoms with van der Waals surface area (Å²) in [6, 6.07) is 1.13. The minimum absolute atomic E-state index is 0.254. The summed E-state index contributed by atoms with van der Waals surface area (Å²) >= 11 is 0. The zero-order valence-corrected chi connectivity index (χ0v) is 12.1. The summed E-state index contributed by atoms with van der Waals surface area (Å²) in [6.45, 7) is 5.55. The number of amides is 1. The standard InChI is InChI=1S/C15H27N3O/c1-2-15(7-4-8-16-15)14(19)17-12-6-10-18-9-3-5-13(18)11-12/h12-13,16H,2-11H2,1H3,(H,17,19). The molecule has 4 nitrogen and oxygen atoms in total. The van der Waals surface area contributed by atoms with Gasteiger partial charge >= 0.3 is 0 Å². The van der Waals surface area contributed by atoms with Gasteiger partial charge in [0.05, 0.1) is 5.54 Å². The molecule has 3 aliphatic heterocycles. The van der Waals surface area contributed by atoms with Crippen molar-refractivity contribution in [1.29, 1.82) is 0 Å². The Bertz CT molecular complexity index is 338. The van der Waals surface area contributed by atoms with E-state index in [0.29, 0.717) is 6.04 Å². The van der Waals surface area contributed by atoms with Crippen molar-refractivity contribution < 1.29 is 4.79 Å². The maximum atomic E-state index is 12.6. The van der Waals surface area contributed by atoms with Gasteiger partial charge in [-0.05, 0) is 58.0 Å². The van der Waals surface area contributed by atoms with E-state index < -0.39 is 0 Å². The molecule has 0 aromatic rings. The molecule has 3 aliphatic rings. The Morgan fingerprint density at radius 2 is 2.26 bits per heavy atom. The van der Waals surface area contributed by atoms with Crippen molar-refractivity contribution in [3.05, 3.63) is 0 Å². The molecule has 3 atom stereocenters. The molecule has 3 unspecified atom stereocenters. The molecule has 0 saturated carbocycles. The lowest BCUT2D eigenvalue weighted by molar-refractivity contribution is -0.128. The normalized spacial score (nSPS) is 39.2. The highest BCUT2D eigenvalue weighted by Gasteiger charge is 2.41. The molecule has 0 bridgehead atoms. The second-order valence-corrected chi connectivity index (χ2v) is 6.49. The predicted molar refractivity (Wildman–Crippen MR) is 76.0 cm³/mol. The molecule has 3 saturated heterocycles. The van der Waals surface area contributed by atoms with Crippen LogP contribution in [0.4, 0.5) is 0 Å². The van der Waals surface area contributed by atoms with Crippen molar-refractivity contribution in [3.63, 3.8) is 0 Å². The second-order valence-electron chi connectivity index (χ2n) is 6.49. The Balaban J connectivity index is 1.57. The molecule has 0 radical (unpaired) electrons. The molecule has 1 amide bonds. The summed E-state index contributed by atoms with van der Waals surface area (Å²) in [5.74, 6) is 0.254. The van der Waals surface area contributed by atoms with E-state index in [4.69, 9.17) is 0 Å².